The van der Waals surface area contributed by atoms with Crippen molar-refractivity contribution in [3.05, 3.63) is 0 Å². The minimum atomic E-state index is 0.157. The van der Waals surface area contributed by atoms with E-state index in [0.717, 1.165) is 24.9 Å². The van der Waals surface area contributed by atoms with Crippen LogP contribution in [0.3, 0.4) is 0 Å². The summed E-state index contributed by atoms with van der Waals surface area (Å²) in [4.78, 5) is 16.1. The number of fused-ring (bicyclic) bond motifs is 1. The van der Waals surface area contributed by atoms with Crippen molar-refractivity contribution in [2.24, 2.45) is 11.8 Å². The van der Waals surface area contributed by atoms with Gasteiger partial charge in [-0.05, 0) is 31.2 Å². The Labute approximate surface area is 116 Å². The van der Waals surface area contributed by atoms with Gasteiger partial charge in [0.25, 0.3) is 0 Å². The summed E-state index contributed by atoms with van der Waals surface area (Å²) < 4.78 is 0. The summed E-state index contributed by atoms with van der Waals surface area (Å²) in [5.74, 6) is 1.89. The van der Waals surface area contributed by atoms with Crippen LogP contribution in [0.1, 0.15) is 38.5 Å². The van der Waals surface area contributed by atoms with E-state index in [2.05, 4.69) is 11.0 Å². The predicted octanol–water partition coefficient (Wildman–Crippen LogP) is 1.87. The SMILES string of the molecule is CN(CCC#N)C(=O)CN1CC[C@H]2CCCC[C@H]2C1. The van der Waals surface area contributed by atoms with Gasteiger partial charge < -0.3 is 4.90 Å². The Morgan fingerprint density at radius 1 is 1.32 bits per heavy atom. The second-order valence-electron chi connectivity index (χ2n) is 6.05. The van der Waals surface area contributed by atoms with E-state index in [1.165, 1.54) is 32.1 Å². The molecule has 4 nitrogen and oxygen atoms in total. The van der Waals surface area contributed by atoms with Crippen molar-refractivity contribution in [3.8, 4) is 6.07 Å². The zero-order valence-corrected chi connectivity index (χ0v) is 12.0. The molecule has 1 aliphatic carbocycles. The number of piperidine rings is 1. The molecule has 1 heterocycles. The number of nitriles is 1. The summed E-state index contributed by atoms with van der Waals surface area (Å²) in [5.41, 5.74) is 0. The first-order valence-corrected chi connectivity index (χ1v) is 7.54. The number of likely N-dealkylation sites (N-methyl/N-ethyl adjacent to an activating group) is 1. The Kier molecular flexibility index (Phi) is 5.21. The normalized spacial score (nSPS) is 27.4. The van der Waals surface area contributed by atoms with Crippen LogP contribution in [0.5, 0.6) is 0 Å². The molecule has 0 unspecified atom stereocenters. The van der Waals surface area contributed by atoms with Gasteiger partial charge in [0.15, 0.2) is 0 Å². The topological polar surface area (TPSA) is 47.3 Å². The first kappa shape index (κ1) is 14.3. The number of amides is 1. The second-order valence-corrected chi connectivity index (χ2v) is 6.05. The summed E-state index contributed by atoms with van der Waals surface area (Å²) in [5, 5.41) is 8.55. The van der Waals surface area contributed by atoms with Crippen LogP contribution < -0.4 is 0 Å². The summed E-state index contributed by atoms with van der Waals surface area (Å²) in [6.45, 7) is 3.25. The molecule has 0 aromatic heterocycles. The Hall–Kier alpha value is -1.08. The van der Waals surface area contributed by atoms with Crippen molar-refractivity contribution in [2.45, 2.75) is 38.5 Å². The zero-order valence-electron chi connectivity index (χ0n) is 12.0. The van der Waals surface area contributed by atoms with E-state index in [1.807, 2.05) is 0 Å². The summed E-state index contributed by atoms with van der Waals surface area (Å²) in [6, 6.07) is 2.09. The minimum Gasteiger partial charge on any atom is -0.344 e. The maximum absolute atomic E-state index is 12.1. The molecule has 4 heteroatoms. The average Bonchev–Trinajstić information content (AvgIpc) is 2.44. The smallest absolute Gasteiger partial charge is 0.236 e. The molecule has 0 spiro atoms. The van der Waals surface area contributed by atoms with E-state index < -0.39 is 0 Å². The van der Waals surface area contributed by atoms with Gasteiger partial charge in [0.1, 0.15) is 0 Å². The molecule has 1 aliphatic heterocycles. The number of rotatable bonds is 4. The first-order chi connectivity index (χ1) is 9.20. The maximum Gasteiger partial charge on any atom is 0.236 e. The summed E-state index contributed by atoms with van der Waals surface area (Å²) in [7, 11) is 1.80. The van der Waals surface area contributed by atoms with E-state index in [4.69, 9.17) is 5.26 Å². The number of hydrogen-bond donors (Lipinski definition) is 0. The highest BCUT2D eigenvalue weighted by Crippen LogP contribution is 2.35. The maximum atomic E-state index is 12.1. The van der Waals surface area contributed by atoms with Crippen LogP contribution in [0.2, 0.25) is 0 Å². The molecule has 106 valence electrons. The zero-order chi connectivity index (χ0) is 13.7. The van der Waals surface area contributed by atoms with Crippen LogP contribution in [0.15, 0.2) is 0 Å². The van der Waals surface area contributed by atoms with Gasteiger partial charge in [-0.3, -0.25) is 9.69 Å². The molecule has 2 atom stereocenters. The molecule has 1 saturated heterocycles. The number of carbonyl (C=O) groups excluding carboxylic acids is 1. The van der Waals surface area contributed by atoms with Crippen molar-refractivity contribution >= 4 is 5.91 Å². The fraction of sp³-hybridized carbons (Fsp3) is 0.867. The molecular weight excluding hydrogens is 238 g/mol. The molecule has 0 aromatic carbocycles. The fourth-order valence-corrected chi connectivity index (χ4v) is 3.47. The summed E-state index contributed by atoms with van der Waals surface area (Å²) in [6.07, 6.45) is 7.20. The summed E-state index contributed by atoms with van der Waals surface area (Å²) >= 11 is 0. The largest absolute Gasteiger partial charge is 0.344 e. The lowest BCUT2D eigenvalue weighted by atomic mass is 9.75. The molecule has 1 amide bonds. The van der Waals surface area contributed by atoms with Gasteiger partial charge in [0.2, 0.25) is 5.91 Å². The monoisotopic (exact) mass is 263 g/mol. The lowest BCUT2D eigenvalue weighted by molar-refractivity contribution is -0.131. The Balaban J connectivity index is 1.77. The molecule has 0 aromatic rings. The van der Waals surface area contributed by atoms with Crippen LogP contribution in [0.4, 0.5) is 0 Å². The van der Waals surface area contributed by atoms with Gasteiger partial charge in [-0.25, -0.2) is 0 Å². The molecule has 2 rings (SSSR count). The first-order valence-electron chi connectivity index (χ1n) is 7.54. The number of likely N-dealkylation sites (tertiary alicyclic amines) is 1. The second kappa shape index (κ2) is 6.91. The highest BCUT2D eigenvalue weighted by atomic mass is 16.2. The lowest BCUT2D eigenvalue weighted by Gasteiger charge is -2.41. The van der Waals surface area contributed by atoms with Gasteiger partial charge >= 0.3 is 0 Å². The van der Waals surface area contributed by atoms with Gasteiger partial charge in [0, 0.05) is 20.1 Å². The molecule has 0 bridgehead atoms. The number of hydrogen-bond acceptors (Lipinski definition) is 3. The van der Waals surface area contributed by atoms with Crippen LogP contribution in [0.25, 0.3) is 0 Å². The van der Waals surface area contributed by atoms with Crippen LogP contribution >= 0.6 is 0 Å². The highest BCUT2D eigenvalue weighted by molar-refractivity contribution is 5.78. The highest BCUT2D eigenvalue weighted by Gasteiger charge is 2.31. The van der Waals surface area contributed by atoms with Gasteiger partial charge in [-0.15, -0.1) is 0 Å². The van der Waals surface area contributed by atoms with Crippen molar-refractivity contribution in [2.75, 3.05) is 33.2 Å². The van der Waals surface area contributed by atoms with Crippen molar-refractivity contribution in [1.82, 2.24) is 9.80 Å². The molecule has 0 N–H and O–H groups in total. The fourth-order valence-electron chi connectivity index (χ4n) is 3.47. The Bertz CT molecular complexity index is 350. The van der Waals surface area contributed by atoms with E-state index in [0.29, 0.717) is 19.5 Å². The number of carbonyl (C=O) groups is 1. The molecule has 1 saturated carbocycles. The predicted molar refractivity (Wildman–Crippen MR) is 74.4 cm³/mol. The van der Waals surface area contributed by atoms with Crippen LogP contribution in [-0.2, 0) is 4.79 Å². The Morgan fingerprint density at radius 2 is 2.05 bits per heavy atom. The molecule has 2 fully saturated rings. The molecule has 19 heavy (non-hydrogen) atoms. The van der Waals surface area contributed by atoms with Crippen LogP contribution in [0, 0.1) is 23.2 Å². The third-order valence-corrected chi connectivity index (χ3v) is 4.72. The van der Waals surface area contributed by atoms with Crippen molar-refractivity contribution in [1.29, 1.82) is 5.26 Å². The molecule has 2 aliphatic rings. The van der Waals surface area contributed by atoms with Gasteiger partial charge in [-0.2, -0.15) is 5.26 Å². The minimum absolute atomic E-state index is 0.157. The van der Waals surface area contributed by atoms with Gasteiger partial charge in [0.05, 0.1) is 19.0 Å². The Morgan fingerprint density at radius 3 is 2.79 bits per heavy atom. The standard InChI is InChI=1S/C15H25N3O/c1-17(9-4-8-16)15(19)12-18-10-7-13-5-2-3-6-14(13)11-18/h13-14H,2-7,9-12H2,1H3/t13-,14+/m1/s1. The van der Waals surface area contributed by atoms with E-state index in [1.54, 1.807) is 11.9 Å². The third kappa shape index (κ3) is 3.94. The van der Waals surface area contributed by atoms with Crippen molar-refractivity contribution in [3.63, 3.8) is 0 Å². The van der Waals surface area contributed by atoms with Gasteiger partial charge in [-0.1, -0.05) is 19.3 Å². The van der Waals surface area contributed by atoms with E-state index >= 15 is 0 Å². The van der Waals surface area contributed by atoms with E-state index in [-0.39, 0.29) is 5.91 Å². The number of nitrogens with zero attached hydrogens (tertiary/aromatic N) is 3. The molecule has 0 radical (unpaired) electrons. The lowest BCUT2D eigenvalue weighted by Crippen LogP contribution is -2.46. The average molecular weight is 263 g/mol. The molecular formula is C15H25N3O. The van der Waals surface area contributed by atoms with Crippen molar-refractivity contribution < 1.29 is 4.79 Å². The van der Waals surface area contributed by atoms with E-state index in [9.17, 15) is 4.79 Å². The van der Waals surface area contributed by atoms with Crippen LogP contribution in [-0.4, -0.2) is 48.9 Å². The quantitative estimate of drug-likeness (QED) is 0.778. The third-order valence-electron chi connectivity index (χ3n) is 4.72.